The van der Waals surface area contributed by atoms with E-state index in [0.29, 0.717) is 11.3 Å². The summed E-state index contributed by atoms with van der Waals surface area (Å²) < 4.78 is 48.5. The molecule has 2 amide bonds. The molecule has 4 rings (SSSR count). The van der Waals surface area contributed by atoms with Gasteiger partial charge in [0.05, 0.1) is 0 Å². The van der Waals surface area contributed by atoms with E-state index >= 15 is 0 Å². The van der Waals surface area contributed by atoms with Crippen molar-refractivity contribution >= 4 is 39.3 Å². The molecule has 1 saturated heterocycles. The first-order valence-electron chi connectivity index (χ1n) is 9.53. The number of benzene rings is 2. The minimum absolute atomic E-state index is 0.127. The van der Waals surface area contributed by atoms with Gasteiger partial charge in [0.2, 0.25) is 5.72 Å². The molecule has 3 N–H and O–H groups in total. The fourth-order valence-electron chi connectivity index (χ4n) is 3.66. The minimum Gasteiger partial charge on any atom is -0.459 e. The molecule has 0 bridgehead atoms. The zero-order valence-corrected chi connectivity index (χ0v) is 18.8. The summed E-state index contributed by atoms with van der Waals surface area (Å²) in [4.78, 5) is 25.4. The van der Waals surface area contributed by atoms with E-state index in [1.807, 2.05) is 0 Å². The van der Waals surface area contributed by atoms with Crippen molar-refractivity contribution in [3.63, 3.8) is 0 Å². The lowest BCUT2D eigenvalue weighted by Crippen LogP contribution is -2.72. The van der Waals surface area contributed by atoms with Gasteiger partial charge in [-0.25, -0.2) is 4.79 Å². The van der Waals surface area contributed by atoms with E-state index < -0.39 is 35.7 Å². The van der Waals surface area contributed by atoms with Crippen LogP contribution in [0.15, 0.2) is 69.6 Å². The molecule has 1 aliphatic rings. The van der Waals surface area contributed by atoms with E-state index in [1.165, 1.54) is 41.7 Å². The molecule has 2 heterocycles. The van der Waals surface area contributed by atoms with Gasteiger partial charge in [-0.15, -0.1) is 0 Å². The first kappa shape index (κ1) is 23.3. The number of rotatable bonds is 4. The summed E-state index contributed by atoms with van der Waals surface area (Å²) in [6, 6.07) is 12.0. The van der Waals surface area contributed by atoms with Crippen molar-refractivity contribution in [2.45, 2.75) is 17.9 Å². The molecule has 1 aliphatic heterocycles. The number of urea groups is 1. The lowest BCUT2D eigenvalue weighted by Gasteiger charge is -2.44. The summed E-state index contributed by atoms with van der Waals surface area (Å²) in [7, 11) is 0. The summed E-state index contributed by atoms with van der Waals surface area (Å²) >= 11 is 9.13. The van der Waals surface area contributed by atoms with E-state index in [-0.39, 0.29) is 16.3 Å². The molecular formula is C22H15BrClF3N2O4. The molecule has 0 spiro atoms. The van der Waals surface area contributed by atoms with Crippen LogP contribution in [0.25, 0.3) is 11.3 Å². The highest BCUT2D eigenvalue weighted by molar-refractivity contribution is 9.10. The second-order valence-corrected chi connectivity index (χ2v) is 8.75. The molecule has 2 aromatic carbocycles. The molecule has 0 saturated carbocycles. The zero-order chi connectivity index (χ0) is 24.0. The standard InChI is InChI=1S/C22H15BrClF3N2O4/c23-13-5-1-11(2-6-13)15-9-10-16(33-15)18-17(19(30)12-3-7-14(24)8-4-12)21(32,22(25,26)27)29-20(31)28-18/h1-10,17-18,32H,(H2,28,29,31)/t17-,18+,21+/m0/s1. The number of alkyl halides is 3. The molecule has 0 aliphatic carbocycles. The first-order chi connectivity index (χ1) is 15.5. The van der Waals surface area contributed by atoms with Crippen molar-refractivity contribution in [1.29, 1.82) is 0 Å². The Kier molecular flexibility index (Phi) is 6.02. The van der Waals surface area contributed by atoms with Gasteiger partial charge in [-0.2, -0.15) is 13.2 Å². The first-order valence-corrected chi connectivity index (χ1v) is 10.7. The highest BCUT2D eigenvalue weighted by Crippen LogP contribution is 2.44. The van der Waals surface area contributed by atoms with Crippen LogP contribution in [0.4, 0.5) is 18.0 Å². The number of carbonyl (C=O) groups is 2. The maximum atomic E-state index is 14.0. The van der Waals surface area contributed by atoms with Crippen LogP contribution in [-0.2, 0) is 0 Å². The van der Waals surface area contributed by atoms with Gasteiger partial charge in [0.15, 0.2) is 5.78 Å². The molecule has 1 aromatic heterocycles. The fraction of sp³-hybridized carbons (Fsp3) is 0.182. The Morgan fingerprint density at radius 1 is 1.06 bits per heavy atom. The van der Waals surface area contributed by atoms with Gasteiger partial charge in [0, 0.05) is 20.6 Å². The van der Waals surface area contributed by atoms with Gasteiger partial charge in [-0.3, -0.25) is 4.79 Å². The molecule has 11 heteroatoms. The number of aliphatic hydroxyl groups is 1. The fourth-order valence-corrected chi connectivity index (χ4v) is 4.05. The van der Waals surface area contributed by atoms with Crippen molar-refractivity contribution < 1.29 is 32.3 Å². The van der Waals surface area contributed by atoms with Crippen LogP contribution in [0.1, 0.15) is 22.2 Å². The predicted molar refractivity (Wildman–Crippen MR) is 117 cm³/mol. The van der Waals surface area contributed by atoms with Crippen LogP contribution >= 0.6 is 27.5 Å². The molecule has 33 heavy (non-hydrogen) atoms. The van der Waals surface area contributed by atoms with E-state index in [4.69, 9.17) is 16.0 Å². The number of halogens is 5. The van der Waals surface area contributed by atoms with E-state index in [9.17, 15) is 27.9 Å². The summed E-state index contributed by atoms with van der Waals surface area (Å²) in [5, 5.41) is 14.7. The molecule has 3 aromatic rings. The maximum Gasteiger partial charge on any atom is 0.437 e. The second-order valence-electron chi connectivity index (χ2n) is 7.40. The third-order valence-corrected chi connectivity index (χ3v) is 6.06. The lowest BCUT2D eigenvalue weighted by molar-refractivity contribution is -0.288. The Hall–Kier alpha value is -2.82. The van der Waals surface area contributed by atoms with Gasteiger partial charge < -0.3 is 20.2 Å². The number of furan rings is 1. The van der Waals surface area contributed by atoms with E-state index in [2.05, 4.69) is 21.2 Å². The Labute approximate surface area is 198 Å². The highest BCUT2D eigenvalue weighted by Gasteiger charge is 2.66. The molecule has 6 nitrogen and oxygen atoms in total. The Balaban J connectivity index is 1.80. The molecule has 1 fully saturated rings. The minimum atomic E-state index is -5.36. The number of nitrogens with one attached hydrogen (secondary N) is 2. The quantitative estimate of drug-likeness (QED) is 0.381. The van der Waals surface area contributed by atoms with Crippen LogP contribution in [0.3, 0.4) is 0 Å². The van der Waals surface area contributed by atoms with Crippen LogP contribution in [-0.4, -0.2) is 28.8 Å². The van der Waals surface area contributed by atoms with E-state index in [1.54, 1.807) is 24.3 Å². The number of hydrogen-bond donors (Lipinski definition) is 3. The summed E-state index contributed by atoms with van der Waals surface area (Å²) in [5.74, 6) is -3.08. The van der Waals surface area contributed by atoms with Crippen LogP contribution in [0, 0.1) is 5.92 Å². The van der Waals surface area contributed by atoms with Crippen LogP contribution in [0.5, 0.6) is 0 Å². The van der Waals surface area contributed by atoms with Gasteiger partial charge in [-0.1, -0.05) is 39.7 Å². The topological polar surface area (TPSA) is 91.6 Å². The summed E-state index contributed by atoms with van der Waals surface area (Å²) in [6.45, 7) is 0. The van der Waals surface area contributed by atoms with Crippen LogP contribution < -0.4 is 10.6 Å². The monoisotopic (exact) mass is 542 g/mol. The smallest absolute Gasteiger partial charge is 0.437 e. The Bertz CT molecular complexity index is 1200. The largest absolute Gasteiger partial charge is 0.459 e. The van der Waals surface area contributed by atoms with Crippen molar-refractivity contribution in [3.05, 3.63) is 81.5 Å². The predicted octanol–water partition coefficient (Wildman–Crippen LogP) is 5.47. The Morgan fingerprint density at radius 2 is 1.70 bits per heavy atom. The van der Waals surface area contributed by atoms with Crippen molar-refractivity contribution in [3.8, 4) is 11.3 Å². The second kappa shape index (κ2) is 8.51. The van der Waals surface area contributed by atoms with Gasteiger partial charge >= 0.3 is 12.2 Å². The normalized spacial score (nSPS) is 23.0. The maximum absolute atomic E-state index is 14.0. The summed E-state index contributed by atoms with van der Waals surface area (Å²) in [6.07, 6.45) is -5.36. The van der Waals surface area contributed by atoms with Crippen LogP contribution in [0.2, 0.25) is 5.02 Å². The van der Waals surface area contributed by atoms with Crippen molar-refractivity contribution in [2.75, 3.05) is 0 Å². The van der Waals surface area contributed by atoms with Gasteiger partial charge in [0.1, 0.15) is 23.5 Å². The highest BCUT2D eigenvalue weighted by atomic mass is 79.9. The molecular weight excluding hydrogens is 529 g/mol. The number of amides is 2. The average Bonchev–Trinajstić information content (AvgIpc) is 3.23. The lowest BCUT2D eigenvalue weighted by atomic mass is 9.79. The number of carbonyl (C=O) groups excluding carboxylic acids is 2. The van der Waals surface area contributed by atoms with E-state index in [0.717, 1.165) is 4.47 Å². The third kappa shape index (κ3) is 4.38. The van der Waals surface area contributed by atoms with Crippen molar-refractivity contribution in [2.24, 2.45) is 5.92 Å². The SMILES string of the molecule is O=C1N[C@H](c2ccc(-c3ccc(Br)cc3)o2)[C@@H](C(=O)c2ccc(Cl)cc2)[C@@](O)(C(F)(F)F)N1. The van der Waals surface area contributed by atoms with Crippen molar-refractivity contribution in [1.82, 2.24) is 10.6 Å². The number of Topliss-reactive ketones (excluding diaryl/α,β-unsaturated/α-hetero) is 1. The Morgan fingerprint density at radius 3 is 2.30 bits per heavy atom. The third-order valence-electron chi connectivity index (χ3n) is 5.28. The number of hydrogen-bond acceptors (Lipinski definition) is 4. The molecule has 0 radical (unpaired) electrons. The molecule has 3 atom stereocenters. The molecule has 172 valence electrons. The summed E-state index contributed by atoms with van der Waals surface area (Å²) in [5.41, 5.74) is -3.35. The average molecular weight is 544 g/mol. The van der Waals surface area contributed by atoms with Gasteiger partial charge in [0.25, 0.3) is 0 Å². The zero-order valence-electron chi connectivity index (χ0n) is 16.5. The number of ketones is 1. The molecule has 0 unspecified atom stereocenters. The van der Waals surface area contributed by atoms with Gasteiger partial charge in [-0.05, 0) is 48.5 Å².